The number of ketones is 3. The summed E-state index contributed by atoms with van der Waals surface area (Å²) < 4.78 is 31.7. The lowest BCUT2D eigenvalue weighted by molar-refractivity contribution is -0.312. The number of carboxylic acid groups (broad SMARTS) is 1. The van der Waals surface area contributed by atoms with E-state index >= 15 is 14.4 Å². The van der Waals surface area contributed by atoms with E-state index in [1.807, 2.05) is 13.8 Å². The van der Waals surface area contributed by atoms with Crippen LogP contribution < -0.4 is 46.9 Å². The Bertz CT molecular complexity index is 3880. The summed E-state index contributed by atoms with van der Waals surface area (Å²) >= 11 is 7.04. The van der Waals surface area contributed by atoms with Crippen molar-refractivity contribution in [3.63, 3.8) is 0 Å². The molecule has 1 unspecified atom stereocenters. The maximum absolute atomic E-state index is 16.0. The summed E-state index contributed by atoms with van der Waals surface area (Å²) in [6.45, 7) is 4.37. The number of halogens is 1. The second kappa shape index (κ2) is 32.6. The third kappa shape index (κ3) is 17.1. The van der Waals surface area contributed by atoms with E-state index in [2.05, 4.69) is 21.3 Å². The first-order chi connectivity index (χ1) is 46.9. The molecule has 5 aromatic rings. The van der Waals surface area contributed by atoms with Gasteiger partial charge in [-0.1, -0.05) is 64.1 Å². The molecule has 30 nitrogen and oxygen atoms in total. The van der Waals surface area contributed by atoms with Crippen LogP contribution in [0.2, 0.25) is 5.02 Å². The predicted octanol–water partition coefficient (Wildman–Crippen LogP) is 2.75. The number of aliphatic hydroxyl groups excluding tert-OH is 7. The Morgan fingerprint density at radius 2 is 1.41 bits per heavy atom. The van der Waals surface area contributed by atoms with Gasteiger partial charge in [-0.3, -0.25) is 33.6 Å². The summed E-state index contributed by atoms with van der Waals surface area (Å²) in [5.41, 5.74) is 9.73. The minimum absolute atomic E-state index is 0. The van der Waals surface area contributed by atoms with Gasteiger partial charge in [0.15, 0.2) is 47.3 Å². The van der Waals surface area contributed by atoms with Gasteiger partial charge in [0, 0.05) is 54.5 Å². The number of likely N-dealkylation sites (N-methyl/N-ethyl adjacent to an activating group) is 1. The molecule has 11 rings (SSSR count). The molecule has 1 fully saturated rings. The van der Waals surface area contributed by atoms with Gasteiger partial charge in [0.1, 0.15) is 53.1 Å². The van der Waals surface area contributed by atoms with Crippen molar-refractivity contribution in [1.82, 2.24) is 21.3 Å². The molecule has 6 heterocycles. The second-order valence-electron chi connectivity index (χ2n) is 25.4. The fraction of sp³-hybridized carbons (Fsp3) is 0.449. The van der Waals surface area contributed by atoms with E-state index in [0.717, 1.165) is 54.6 Å². The van der Waals surface area contributed by atoms with E-state index in [0.29, 0.717) is 6.42 Å². The van der Waals surface area contributed by atoms with Crippen molar-refractivity contribution in [3.05, 3.63) is 118 Å². The smallest absolute Gasteiger partial charge is 0.330 e. The monoisotopic (exact) mass is 1410 g/mol. The van der Waals surface area contributed by atoms with Gasteiger partial charge in [0.2, 0.25) is 35.7 Å². The first kappa shape index (κ1) is 76.9. The number of amides is 4. The number of phenolic OH excluding ortho intramolecular Hbond substituents is 3. The molecule has 0 radical (unpaired) electrons. The van der Waals surface area contributed by atoms with Crippen LogP contribution in [0.15, 0.2) is 84.9 Å². The van der Waals surface area contributed by atoms with Crippen molar-refractivity contribution in [2.45, 2.75) is 165 Å². The van der Waals surface area contributed by atoms with Crippen molar-refractivity contribution >= 4 is 58.5 Å². The first-order valence-electron chi connectivity index (χ1n) is 31.8. The van der Waals surface area contributed by atoms with Crippen LogP contribution in [-0.2, 0) is 47.8 Å². The second-order valence-corrected chi connectivity index (χ2v) is 25.8. The largest absolute Gasteiger partial charge is 0.508 e. The Hall–Kier alpha value is -8.89. The lowest BCUT2D eigenvalue weighted by Gasteiger charge is -2.42. The number of hydrogen-bond donors (Lipinski definition) is 17. The van der Waals surface area contributed by atoms with Crippen LogP contribution >= 0.6 is 11.6 Å². The van der Waals surface area contributed by atoms with Crippen LogP contribution in [0.4, 0.5) is 0 Å². The lowest BCUT2D eigenvalue weighted by Crippen LogP contribution is -2.61. The van der Waals surface area contributed by atoms with Crippen molar-refractivity contribution < 1.29 is 118 Å². The van der Waals surface area contributed by atoms with Gasteiger partial charge in [0.25, 0.3) is 0 Å². The topological polar surface area (TPSA) is 505 Å². The van der Waals surface area contributed by atoms with E-state index in [1.54, 1.807) is 6.92 Å². The van der Waals surface area contributed by atoms with E-state index in [9.17, 15) is 80.1 Å². The number of aliphatic carboxylic acids is 1. The summed E-state index contributed by atoms with van der Waals surface area (Å²) in [7, 11) is 1.53. The summed E-state index contributed by atoms with van der Waals surface area (Å²) in [5.74, 6) is -19.6. The summed E-state index contributed by atoms with van der Waals surface area (Å²) in [5, 5.41) is 134. The average molecular weight is 1420 g/mol. The van der Waals surface area contributed by atoms with Gasteiger partial charge in [-0.05, 0) is 103 Å². The van der Waals surface area contributed by atoms with Crippen LogP contribution in [0.3, 0.4) is 0 Å². The number of nitrogens with two attached hydrogens (primary N) is 2. The average Bonchev–Trinajstić information content (AvgIpc) is 0.798. The van der Waals surface area contributed by atoms with Crippen molar-refractivity contribution in [2.75, 3.05) is 13.7 Å². The van der Waals surface area contributed by atoms with E-state index in [-0.39, 0.29) is 53.5 Å². The molecule has 0 aromatic heterocycles. The summed E-state index contributed by atoms with van der Waals surface area (Å²) in [6, 6.07) is 7.72. The number of aliphatic hydroxyl groups is 7. The van der Waals surface area contributed by atoms with Crippen molar-refractivity contribution in [1.29, 1.82) is 0 Å². The highest BCUT2D eigenvalue weighted by Gasteiger charge is 2.49. The molecule has 1 saturated heterocycles. The molecule has 100 heavy (non-hydrogen) atoms. The Morgan fingerprint density at radius 1 is 0.740 bits per heavy atom. The Labute approximate surface area is 578 Å². The number of carboxylic acids is 1. The molecule has 540 valence electrons. The van der Waals surface area contributed by atoms with Gasteiger partial charge in [-0.25, -0.2) is 4.79 Å². The third-order valence-corrected chi connectivity index (χ3v) is 18.2. The minimum atomic E-state index is -2.20. The highest BCUT2D eigenvalue weighted by molar-refractivity contribution is 6.32. The maximum Gasteiger partial charge on any atom is 0.330 e. The minimum Gasteiger partial charge on any atom is -0.508 e. The predicted molar refractivity (Wildman–Crippen MR) is 352 cm³/mol. The number of ether oxygens (including phenoxy) is 5. The molecule has 17 atom stereocenters. The normalized spacial score (nSPS) is 26.0. The molecular formula is C69H83ClN6O24. The number of nitrogens with one attached hydrogen (secondary N) is 4. The number of Topliss-reactive ketones (excluding diaryl/α,β-unsaturated/α-hetero) is 3. The Morgan fingerprint density at radius 3 is 2.04 bits per heavy atom. The zero-order valence-electron chi connectivity index (χ0n) is 53.9. The molecule has 4 amide bonds. The standard InChI is InChI=1S/C68H79ClN6O24.CH4/c1-5-43(78)40(70)24-54(85)98-63-61(89)60(88)52(26-76)97-68(63)99-62-50-17-31-18-51(62)96-49-13-9-30(16-39(49)69)59(87)38-23-48(83)56(29-8-12-44(79)35(15-29)55-36(19-32(77)20-47(55)82)57(67(93)94)75-66(38)92)74-64(90)34(31)21-46(81)42(25-53(71)84)73-65(91)37(22-45(80)41(72-4)14-27(2)3)58(86)28-6-10-33(95-50)11-7-28;/h6-13,15-20,27,34,37-38,40-43,52,54,56-61,63,68,72,76-79,82,85-89H,5,14,21-26,70H2,1-4H3,(H2,71,84)(H,73,91)(H,74,90)(H,75,92)(H,93,94);1H4/t34-,37-,38+,40+,41-,42+,43-,52-,54?,56-,57+,58-,59-,60-,61+,63-,68+;/m1./s1. The number of hydrogen-bond acceptors (Lipinski definition) is 25. The molecule has 5 aromatic carbocycles. The summed E-state index contributed by atoms with van der Waals surface area (Å²) in [4.78, 5) is 117. The van der Waals surface area contributed by atoms with E-state index < -0.39 is 245 Å². The highest BCUT2D eigenvalue weighted by Crippen LogP contribution is 2.50. The van der Waals surface area contributed by atoms with Crippen molar-refractivity contribution in [2.24, 2.45) is 29.2 Å². The molecule has 11 bridgehead atoms. The molecule has 0 spiro atoms. The molecular weight excluding hydrogens is 1330 g/mol. The van der Waals surface area contributed by atoms with E-state index in [4.69, 9.17) is 46.8 Å². The lowest BCUT2D eigenvalue weighted by atomic mass is 9.84. The van der Waals surface area contributed by atoms with Crippen LogP contribution in [0.5, 0.6) is 46.0 Å². The molecule has 6 aliphatic heterocycles. The Balaban J connectivity index is 0.0000127. The maximum atomic E-state index is 16.0. The van der Waals surface area contributed by atoms with Gasteiger partial charge in [-0.2, -0.15) is 0 Å². The number of aromatic hydroxyl groups is 3. The molecule has 6 aliphatic rings. The number of benzene rings is 5. The van der Waals surface area contributed by atoms with Gasteiger partial charge < -0.3 is 113 Å². The number of rotatable bonds is 18. The van der Waals surface area contributed by atoms with Crippen molar-refractivity contribution in [3.8, 4) is 57.1 Å². The summed E-state index contributed by atoms with van der Waals surface area (Å²) in [6.07, 6.45) is -20.5. The van der Waals surface area contributed by atoms with Crippen LogP contribution in [0.1, 0.15) is 131 Å². The van der Waals surface area contributed by atoms with Crippen LogP contribution in [0.25, 0.3) is 11.1 Å². The number of fused-ring (bicyclic) bond motifs is 15. The third-order valence-electron chi connectivity index (χ3n) is 17.9. The fourth-order valence-electron chi connectivity index (χ4n) is 12.5. The van der Waals surface area contributed by atoms with E-state index in [1.165, 1.54) is 37.4 Å². The molecule has 0 saturated carbocycles. The zero-order chi connectivity index (χ0) is 72.2. The van der Waals surface area contributed by atoms with Gasteiger partial charge in [0.05, 0.1) is 66.2 Å². The number of phenols is 3. The molecule has 19 N–H and O–H groups in total. The Kier molecular flexibility index (Phi) is 25.1. The van der Waals surface area contributed by atoms with Gasteiger partial charge >= 0.3 is 5.97 Å². The SMILES string of the molecule is C.CC[C@@H](O)[C@@H](N)CC(O)O[C@H]1[C@H](Oc2c3cc4cc2Oc2ccc(cc2Cl)[C@@H](O)[C@@H]2CC(=O)[C@H](NC(=O)[C@@H]4CC(=O)[C@H](CC(N)=O)NC(=O)[C@H](CC(=O)[C@@H](CC(C)C)NC)[C@H](O)c4ccc(cc4)O3)c3ccc(O)c(c3)-c3c(O)cc(O)cc3[C@@H](C(=O)O)NC2=O)O[C@H](CO)[C@@H](O)[C@@H]1O. The number of carbonyl (C=O) groups excluding carboxylic acids is 7. The zero-order valence-corrected chi connectivity index (χ0v) is 54.6. The molecule has 31 heteroatoms. The fourth-order valence-corrected chi connectivity index (χ4v) is 12.8. The van der Waals surface area contributed by atoms with Crippen LogP contribution in [-0.4, -0.2) is 178 Å². The quantitative estimate of drug-likeness (QED) is 0.0561. The number of primary amides is 1. The molecule has 0 aliphatic carbocycles. The van der Waals surface area contributed by atoms with Gasteiger partial charge in [-0.15, -0.1) is 0 Å². The number of carbonyl (C=O) groups is 8. The van der Waals surface area contributed by atoms with Crippen LogP contribution in [0, 0.1) is 17.8 Å². The highest BCUT2D eigenvalue weighted by atomic mass is 35.5. The first-order valence-corrected chi connectivity index (χ1v) is 32.2.